The molecule has 0 aliphatic carbocycles. The molecule has 0 aliphatic heterocycles. The molecule has 2 aromatic carbocycles. The number of nitrogens with one attached hydrogen (secondary N) is 1. The summed E-state index contributed by atoms with van der Waals surface area (Å²) in [5.74, 6) is -0.288. The molecule has 0 saturated heterocycles. The second-order valence-electron chi connectivity index (χ2n) is 7.51. The lowest BCUT2D eigenvalue weighted by Gasteiger charge is -2.22. The molecule has 0 spiro atoms. The van der Waals surface area contributed by atoms with Crippen LogP contribution in [0, 0.1) is 6.92 Å². The Labute approximate surface area is 188 Å². The topological polar surface area (TPSA) is 79.4 Å². The van der Waals surface area contributed by atoms with Crippen molar-refractivity contribution < 1.29 is 13.2 Å². The number of aromatic nitrogens is 1. The number of amides is 1. The molecule has 1 aromatic heterocycles. The number of anilines is 1. The number of carbonyl (C=O) groups is 1. The van der Waals surface area contributed by atoms with E-state index in [1.165, 1.54) is 12.1 Å². The van der Waals surface area contributed by atoms with E-state index in [1.807, 2.05) is 39.0 Å². The van der Waals surface area contributed by atoms with Crippen LogP contribution >= 0.6 is 11.3 Å². The van der Waals surface area contributed by atoms with Crippen molar-refractivity contribution in [3.63, 3.8) is 0 Å². The summed E-state index contributed by atoms with van der Waals surface area (Å²) in [6, 6.07) is 11.8. The molecule has 1 amide bonds. The molecule has 0 bridgehead atoms. The Morgan fingerprint density at radius 3 is 2.29 bits per heavy atom. The maximum atomic E-state index is 13.1. The summed E-state index contributed by atoms with van der Waals surface area (Å²) in [7, 11) is -3.57. The number of nitrogens with zero attached hydrogens (tertiary/aromatic N) is 2. The number of rotatable bonds is 10. The van der Waals surface area contributed by atoms with Crippen molar-refractivity contribution in [1.29, 1.82) is 0 Å². The number of fused-ring (bicyclic) bond motifs is 1. The van der Waals surface area contributed by atoms with E-state index >= 15 is 0 Å². The van der Waals surface area contributed by atoms with Crippen LogP contribution in [0.2, 0.25) is 0 Å². The number of thiazole rings is 1. The van der Waals surface area contributed by atoms with E-state index < -0.39 is 10.0 Å². The minimum atomic E-state index is -3.57. The van der Waals surface area contributed by atoms with Gasteiger partial charge >= 0.3 is 0 Å². The van der Waals surface area contributed by atoms with Crippen LogP contribution in [0.25, 0.3) is 10.2 Å². The van der Waals surface area contributed by atoms with Gasteiger partial charge in [0, 0.05) is 24.3 Å². The predicted molar refractivity (Wildman–Crippen MR) is 127 cm³/mol. The fourth-order valence-corrected chi connectivity index (χ4v) is 5.60. The molecule has 3 aromatic rings. The molecule has 0 unspecified atom stereocenters. The third-order valence-electron chi connectivity index (χ3n) is 5.03. The van der Waals surface area contributed by atoms with Crippen LogP contribution in [-0.4, -0.2) is 36.7 Å². The highest BCUT2D eigenvalue weighted by atomic mass is 32.2. The van der Waals surface area contributed by atoms with Gasteiger partial charge in [0.05, 0.1) is 20.1 Å². The van der Waals surface area contributed by atoms with Crippen LogP contribution in [-0.2, 0) is 10.0 Å². The zero-order valence-electron chi connectivity index (χ0n) is 18.2. The maximum Gasteiger partial charge on any atom is 0.255 e. The van der Waals surface area contributed by atoms with E-state index in [4.69, 9.17) is 0 Å². The summed E-state index contributed by atoms with van der Waals surface area (Å²) in [4.78, 5) is 17.3. The average Bonchev–Trinajstić information content (AvgIpc) is 3.13. The van der Waals surface area contributed by atoms with Gasteiger partial charge in [-0.05, 0) is 62.2 Å². The first kappa shape index (κ1) is 23.4. The van der Waals surface area contributed by atoms with Crippen molar-refractivity contribution in [2.75, 3.05) is 18.4 Å². The highest BCUT2D eigenvalue weighted by Gasteiger charge is 2.23. The van der Waals surface area contributed by atoms with Gasteiger partial charge in [-0.25, -0.2) is 13.4 Å². The Hall–Kier alpha value is -2.29. The number of carbonyl (C=O) groups excluding carboxylic acids is 1. The summed E-state index contributed by atoms with van der Waals surface area (Å²) in [6.45, 7) is 7.07. The molecule has 6 nitrogen and oxygen atoms in total. The number of benzene rings is 2. The average molecular weight is 460 g/mol. The summed E-state index contributed by atoms with van der Waals surface area (Å²) in [5, 5.41) is 3.84. The first-order chi connectivity index (χ1) is 14.8. The lowest BCUT2D eigenvalue weighted by atomic mass is 10.2. The van der Waals surface area contributed by atoms with Crippen molar-refractivity contribution in [2.24, 2.45) is 0 Å². The Morgan fingerprint density at radius 2 is 1.68 bits per heavy atom. The zero-order valence-corrected chi connectivity index (χ0v) is 19.9. The van der Waals surface area contributed by atoms with Gasteiger partial charge in [-0.3, -0.25) is 4.79 Å². The molecule has 8 heteroatoms. The molecule has 0 aliphatic rings. The monoisotopic (exact) mass is 459 g/mol. The number of hydrogen-bond donors (Lipinski definition) is 1. The van der Waals surface area contributed by atoms with Gasteiger partial charge in [0.15, 0.2) is 0 Å². The third-order valence-corrected chi connectivity index (χ3v) is 7.89. The van der Waals surface area contributed by atoms with E-state index in [2.05, 4.69) is 10.3 Å². The molecular formula is C23H29N3O3S2. The SMILES string of the molecule is CCCCN(CCCC)S(=O)(=O)c1ccc(C(=O)Nc2ccc3sc(C)nc3c2)cc1. The molecule has 0 fully saturated rings. The van der Waals surface area contributed by atoms with Crippen molar-refractivity contribution in [3.8, 4) is 0 Å². The minimum Gasteiger partial charge on any atom is -0.322 e. The zero-order chi connectivity index (χ0) is 22.4. The Balaban J connectivity index is 1.74. The Morgan fingerprint density at radius 1 is 1.03 bits per heavy atom. The van der Waals surface area contributed by atoms with Gasteiger partial charge in [0.25, 0.3) is 5.91 Å². The van der Waals surface area contributed by atoms with E-state index in [-0.39, 0.29) is 10.8 Å². The fraction of sp³-hybridized carbons (Fsp3) is 0.391. The van der Waals surface area contributed by atoms with E-state index in [1.54, 1.807) is 27.8 Å². The second-order valence-corrected chi connectivity index (χ2v) is 10.7. The van der Waals surface area contributed by atoms with Gasteiger partial charge in [-0.2, -0.15) is 4.31 Å². The van der Waals surface area contributed by atoms with E-state index in [0.717, 1.165) is 40.9 Å². The molecule has 0 atom stereocenters. The first-order valence-corrected chi connectivity index (χ1v) is 12.9. The molecule has 3 rings (SSSR count). The highest BCUT2D eigenvalue weighted by Crippen LogP contribution is 2.25. The van der Waals surface area contributed by atoms with Crippen molar-refractivity contribution in [1.82, 2.24) is 9.29 Å². The quantitative estimate of drug-likeness (QED) is 0.437. The van der Waals surface area contributed by atoms with E-state index in [0.29, 0.717) is 24.3 Å². The molecular weight excluding hydrogens is 430 g/mol. The number of aryl methyl sites for hydroxylation is 1. The number of unbranched alkanes of at least 4 members (excludes halogenated alkanes) is 2. The van der Waals surface area contributed by atoms with Gasteiger partial charge in [0.1, 0.15) is 0 Å². The number of sulfonamides is 1. The van der Waals surface area contributed by atoms with Gasteiger partial charge in [-0.15, -0.1) is 11.3 Å². The molecule has 166 valence electrons. The van der Waals surface area contributed by atoms with Gasteiger partial charge in [0.2, 0.25) is 10.0 Å². The highest BCUT2D eigenvalue weighted by molar-refractivity contribution is 7.89. The van der Waals surface area contributed by atoms with Gasteiger partial charge in [-0.1, -0.05) is 26.7 Å². The van der Waals surface area contributed by atoms with Crippen LogP contribution < -0.4 is 5.32 Å². The molecule has 0 saturated carbocycles. The largest absolute Gasteiger partial charge is 0.322 e. The summed E-state index contributed by atoms with van der Waals surface area (Å²) in [6.07, 6.45) is 3.52. The van der Waals surface area contributed by atoms with Crippen LogP contribution in [0.5, 0.6) is 0 Å². The number of hydrogen-bond acceptors (Lipinski definition) is 5. The van der Waals surface area contributed by atoms with Crippen molar-refractivity contribution in [2.45, 2.75) is 51.3 Å². The van der Waals surface area contributed by atoms with E-state index in [9.17, 15) is 13.2 Å². The molecule has 0 radical (unpaired) electrons. The van der Waals surface area contributed by atoms with Crippen LogP contribution in [0.1, 0.15) is 54.9 Å². The summed E-state index contributed by atoms with van der Waals surface area (Å²) in [5.41, 5.74) is 1.91. The van der Waals surface area contributed by atoms with Crippen LogP contribution in [0.4, 0.5) is 5.69 Å². The Bertz CT molecular complexity index is 1130. The summed E-state index contributed by atoms with van der Waals surface area (Å²) >= 11 is 1.61. The molecule has 1 N–H and O–H groups in total. The standard InChI is InChI=1S/C23H29N3O3S2/c1-4-6-14-26(15-7-5-2)31(28,29)20-11-8-18(9-12-20)23(27)25-19-10-13-22-21(16-19)24-17(3)30-22/h8-13,16H,4-7,14-15H2,1-3H3,(H,25,27). The Kier molecular flexibility index (Phi) is 7.80. The van der Waals surface area contributed by atoms with Gasteiger partial charge < -0.3 is 5.32 Å². The lowest BCUT2D eigenvalue weighted by molar-refractivity contribution is 0.102. The summed E-state index contributed by atoms with van der Waals surface area (Å²) < 4.78 is 28.8. The maximum absolute atomic E-state index is 13.1. The lowest BCUT2D eigenvalue weighted by Crippen LogP contribution is -2.33. The van der Waals surface area contributed by atoms with Crippen molar-refractivity contribution >= 4 is 43.2 Å². The second kappa shape index (κ2) is 10.3. The fourth-order valence-electron chi connectivity index (χ4n) is 3.27. The predicted octanol–water partition coefficient (Wildman–Crippen LogP) is 5.45. The first-order valence-electron chi connectivity index (χ1n) is 10.6. The smallest absolute Gasteiger partial charge is 0.255 e. The normalized spacial score (nSPS) is 11.9. The third kappa shape index (κ3) is 5.70. The minimum absolute atomic E-state index is 0.218. The van der Waals surface area contributed by atoms with Crippen LogP contribution in [0.3, 0.4) is 0 Å². The molecule has 31 heavy (non-hydrogen) atoms. The molecule has 1 heterocycles. The van der Waals surface area contributed by atoms with Crippen molar-refractivity contribution in [3.05, 3.63) is 53.0 Å². The van der Waals surface area contributed by atoms with Crippen LogP contribution in [0.15, 0.2) is 47.4 Å².